The Morgan fingerprint density at radius 3 is 2.80 bits per heavy atom. The molecule has 0 aliphatic carbocycles. The van der Waals surface area contributed by atoms with Gasteiger partial charge in [-0.2, -0.15) is 5.26 Å². The summed E-state index contributed by atoms with van der Waals surface area (Å²) in [5.41, 5.74) is 1.77. The molecular formula is C17H12N2S. The van der Waals surface area contributed by atoms with Gasteiger partial charge in [-0.3, -0.25) is 0 Å². The van der Waals surface area contributed by atoms with Crippen molar-refractivity contribution in [3.05, 3.63) is 72.1 Å². The topological polar surface area (TPSA) is 36.7 Å². The third-order valence-electron chi connectivity index (χ3n) is 3.12. The summed E-state index contributed by atoms with van der Waals surface area (Å²) in [5, 5.41) is 11.4. The molecule has 0 spiro atoms. The molecule has 0 fully saturated rings. The Kier molecular flexibility index (Phi) is 3.67. The van der Waals surface area contributed by atoms with Gasteiger partial charge in [-0.05, 0) is 28.5 Å². The lowest BCUT2D eigenvalue weighted by Crippen LogP contribution is -1.85. The summed E-state index contributed by atoms with van der Waals surface area (Å²) in [4.78, 5) is 5.06. The van der Waals surface area contributed by atoms with Gasteiger partial charge in [0.05, 0.1) is 0 Å². The van der Waals surface area contributed by atoms with Crippen LogP contribution in [0.3, 0.4) is 0 Å². The highest BCUT2D eigenvalue weighted by atomic mass is 32.2. The number of hydrogen-bond acceptors (Lipinski definition) is 3. The second-order valence-electron chi connectivity index (χ2n) is 4.42. The van der Waals surface area contributed by atoms with E-state index in [1.165, 1.54) is 16.3 Å². The molecule has 0 saturated carbocycles. The Labute approximate surface area is 122 Å². The molecule has 0 bridgehead atoms. The number of nitriles is 1. The van der Waals surface area contributed by atoms with Crippen LogP contribution in [-0.4, -0.2) is 4.98 Å². The van der Waals surface area contributed by atoms with Gasteiger partial charge in [-0.15, -0.1) is 11.8 Å². The molecule has 0 saturated heterocycles. The Hall–Kier alpha value is -2.31. The maximum absolute atomic E-state index is 8.87. The SMILES string of the molecule is N#Cc1cc(SCc2cccc3ccccc23)ccn1. The summed E-state index contributed by atoms with van der Waals surface area (Å²) in [6.07, 6.45) is 1.68. The number of rotatable bonds is 3. The highest BCUT2D eigenvalue weighted by Gasteiger charge is 2.02. The van der Waals surface area contributed by atoms with Crippen molar-refractivity contribution >= 4 is 22.5 Å². The lowest BCUT2D eigenvalue weighted by atomic mass is 10.1. The third kappa shape index (κ3) is 2.66. The second kappa shape index (κ2) is 5.77. The number of nitrogens with zero attached hydrogens (tertiary/aromatic N) is 2. The predicted octanol–water partition coefficient (Wildman–Crippen LogP) is 4.40. The molecule has 1 aromatic heterocycles. The van der Waals surface area contributed by atoms with E-state index in [-0.39, 0.29) is 0 Å². The van der Waals surface area contributed by atoms with E-state index in [4.69, 9.17) is 5.26 Å². The van der Waals surface area contributed by atoms with Gasteiger partial charge in [0.1, 0.15) is 11.8 Å². The van der Waals surface area contributed by atoms with Crippen molar-refractivity contribution in [2.24, 2.45) is 0 Å². The molecule has 0 radical (unpaired) electrons. The molecule has 1 heterocycles. The van der Waals surface area contributed by atoms with Crippen LogP contribution in [0.1, 0.15) is 11.3 Å². The lowest BCUT2D eigenvalue weighted by molar-refractivity contribution is 1.21. The maximum Gasteiger partial charge on any atom is 0.141 e. The Balaban J connectivity index is 1.85. The predicted molar refractivity (Wildman–Crippen MR) is 82.5 cm³/mol. The summed E-state index contributed by atoms with van der Waals surface area (Å²) < 4.78 is 0. The van der Waals surface area contributed by atoms with Crippen molar-refractivity contribution < 1.29 is 0 Å². The van der Waals surface area contributed by atoms with Gasteiger partial charge < -0.3 is 0 Å². The van der Waals surface area contributed by atoms with E-state index in [1.54, 1.807) is 18.0 Å². The summed E-state index contributed by atoms with van der Waals surface area (Å²) in [6, 6.07) is 20.6. The lowest BCUT2D eigenvalue weighted by Gasteiger charge is -2.06. The van der Waals surface area contributed by atoms with Crippen LogP contribution in [0.2, 0.25) is 0 Å². The Morgan fingerprint density at radius 2 is 1.90 bits per heavy atom. The van der Waals surface area contributed by atoms with Gasteiger partial charge in [0.15, 0.2) is 0 Å². The summed E-state index contributed by atoms with van der Waals surface area (Å²) in [6.45, 7) is 0. The van der Waals surface area contributed by atoms with Crippen molar-refractivity contribution in [3.63, 3.8) is 0 Å². The molecule has 0 aliphatic rings. The summed E-state index contributed by atoms with van der Waals surface area (Å²) >= 11 is 1.73. The van der Waals surface area contributed by atoms with E-state index in [2.05, 4.69) is 53.5 Å². The molecule has 0 unspecified atom stereocenters. The number of aromatic nitrogens is 1. The van der Waals surface area contributed by atoms with Crippen LogP contribution in [0.4, 0.5) is 0 Å². The third-order valence-corrected chi connectivity index (χ3v) is 4.16. The van der Waals surface area contributed by atoms with Crippen LogP contribution < -0.4 is 0 Å². The standard InChI is InChI=1S/C17H12N2S/c18-11-15-10-16(8-9-19-15)20-12-14-6-3-5-13-4-1-2-7-17(13)14/h1-10H,12H2. The van der Waals surface area contributed by atoms with Crippen molar-refractivity contribution in [1.29, 1.82) is 5.26 Å². The van der Waals surface area contributed by atoms with Gasteiger partial charge in [-0.1, -0.05) is 42.5 Å². The second-order valence-corrected chi connectivity index (χ2v) is 5.46. The fourth-order valence-corrected chi connectivity index (χ4v) is 3.07. The fraction of sp³-hybridized carbons (Fsp3) is 0.0588. The smallest absolute Gasteiger partial charge is 0.141 e. The monoisotopic (exact) mass is 276 g/mol. The zero-order valence-corrected chi connectivity index (χ0v) is 11.6. The number of benzene rings is 2. The first-order chi connectivity index (χ1) is 9.86. The van der Waals surface area contributed by atoms with Crippen LogP contribution in [0, 0.1) is 11.3 Å². The summed E-state index contributed by atoms with van der Waals surface area (Å²) in [7, 11) is 0. The molecule has 96 valence electrons. The Bertz CT molecular complexity index is 785. The number of thioether (sulfide) groups is 1. The van der Waals surface area contributed by atoms with Gasteiger partial charge in [0.25, 0.3) is 0 Å². The minimum Gasteiger partial charge on any atom is -0.245 e. The molecule has 3 rings (SSSR count). The van der Waals surface area contributed by atoms with Gasteiger partial charge >= 0.3 is 0 Å². The van der Waals surface area contributed by atoms with Crippen LogP contribution in [-0.2, 0) is 5.75 Å². The van der Waals surface area contributed by atoms with Crippen molar-refractivity contribution in [2.45, 2.75) is 10.6 Å². The van der Waals surface area contributed by atoms with Gasteiger partial charge in [0.2, 0.25) is 0 Å². The maximum atomic E-state index is 8.87. The zero-order chi connectivity index (χ0) is 13.8. The Morgan fingerprint density at radius 1 is 1.05 bits per heavy atom. The minimum absolute atomic E-state index is 0.466. The van der Waals surface area contributed by atoms with E-state index in [0.717, 1.165) is 10.6 Å². The van der Waals surface area contributed by atoms with Crippen LogP contribution in [0.25, 0.3) is 10.8 Å². The first kappa shape index (κ1) is 12.7. The molecule has 20 heavy (non-hydrogen) atoms. The van der Waals surface area contributed by atoms with E-state index in [0.29, 0.717) is 5.69 Å². The zero-order valence-electron chi connectivity index (χ0n) is 10.8. The molecule has 3 heteroatoms. The molecule has 0 N–H and O–H groups in total. The van der Waals surface area contributed by atoms with Crippen LogP contribution >= 0.6 is 11.8 Å². The average molecular weight is 276 g/mol. The largest absolute Gasteiger partial charge is 0.245 e. The molecule has 2 aromatic carbocycles. The van der Waals surface area contributed by atoms with E-state index in [1.807, 2.05) is 12.1 Å². The molecule has 0 atom stereocenters. The molecular weight excluding hydrogens is 264 g/mol. The average Bonchev–Trinajstić information content (AvgIpc) is 2.53. The molecule has 2 nitrogen and oxygen atoms in total. The fourth-order valence-electron chi connectivity index (χ4n) is 2.14. The van der Waals surface area contributed by atoms with Crippen molar-refractivity contribution in [3.8, 4) is 6.07 Å². The summed E-state index contributed by atoms with van der Waals surface area (Å²) in [5.74, 6) is 0.885. The highest BCUT2D eigenvalue weighted by Crippen LogP contribution is 2.27. The van der Waals surface area contributed by atoms with E-state index >= 15 is 0 Å². The van der Waals surface area contributed by atoms with Crippen molar-refractivity contribution in [2.75, 3.05) is 0 Å². The molecule has 0 aliphatic heterocycles. The number of fused-ring (bicyclic) bond motifs is 1. The molecule has 3 aromatic rings. The van der Waals surface area contributed by atoms with Crippen LogP contribution in [0.5, 0.6) is 0 Å². The molecule has 0 amide bonds. The first-order valence-corrected chi connectivity index (χ1v) is 7.31. The van der Waals surface area contributed by atoms with Gasteiger partial charge in [0, 0.05) is 16.8 Å². The van der Waals surface area contributed by atoms with Crippen LogP contribution in [0.15, 0.2) is 65.7 Å². The normalized spacial score (nSPS) is 10.3. The number of pyridine rings is 1. The first-order valence-electron chi connectivity index (χ1n) is 6.32. The quantitative estimate of drug-likeness (QED) is 0.665. The highest BCUT2D eigenvalue weighted by molar-refractivity contribution is 7.98. The van der Waals surface area contributed by atoms with E-state index in [9.17, 15) is 0 Å². The van der Waals surface area contributed by atoms with Gasteiger partial charge in [-0.25, -0.2) is 4.98 Å². The van der Waals surface area contributed by atoms with Crippen molar-refractivity contribution in [1.82, 2.24) is 4.98 Å². The number of hydrogen-bond donors (Lipinski definition) is 0. The minimum atomic E-state index is 0.466. The van der Waals surface area contributed by atoms with E-state index < -0.39 is 0 Å².